The van der Waals surface area contributed by atoms with E-state index in [4.69, 9.17) is 10.8 Å². The standard InChI is InChI=1S/C10H11NO2.ClH/c11-9-4-2-6-5-7(10(12)13)1-3-8(6)9;/h1,3,5,9H,2,4,11H2,(H,12,13);1H/t9-;/m0./s1. The lowest BCUT2D eigenvalue weighted by atomic mass is 10.1. The van der Waals surface area contributed by atoms with E-state index in [1.54, 1.807) is 12.1 Å². The first-order valence-corrected chi connectivity index (χ1v) is 4.30. The van der Waals surface area contributed by atoms with E-state index >= 15 is 0 Å². The summed E-state index contributed by atoms with van der Waals surface area (Å²) in [5.74, 6) is -0.872. The molecule has 3 nitrogen and oxygen atoms in total. The third kappa shape index (κ3) is 1.74. The summed E-state index contributed by atoms with van der Waals surface area (Å²) in [6.07, 6.45) is 1.83. The molecule has 0 amide bonds. The van der Waals surface area contributed by atoms with Crippen molar-refractivity contribution in [3.05, 3.63) is 34.9 Å². The highest BCUT2D eigenvalue weighted by molar-refractivity contribution is 5.88. The van der Waals surface area contributed by atoms with Crippen LogP contribution in [0, 0.1) is 0 Å². The molecule has 14 heavy (non-hydrogen) atoms. The van der Waals surface area contributed by atoms with Crippen molar-refractivity contribution in [2.45, 2.75) is 18.9 Å². The van der Waals surface area contributed by atoms with Gasteiger partial charge in [-0.1, -0.05) is 6.07 Å². The van der Waals surface area contributed by atoms with Crippen LogP contribution in [0.3, 0.4) is 0 Å². The Morgan fingerprint density at radius 3 is 2.86 bits per heavy atom. The Hall–Kier alpha value is -1.06. The van der Waals surface area contributed by atoms with Crippen LogP contribution in [0.1, 0.15) is 33.9 Å². The van der Waals surface area contributed by atoms with Gasteiger partial charge in [-0.25, -0.2) is 4.79 Å². The highest BCUT2D eigenvalue weighted by atomic mass is 35.5. The average Bonchev–Trinajstić information content (AvgIpc) is 2.47. The number of carbonyl (C=O) groups is 1. The molecule has 0 unspecified atom stereocenters. The molecule has 1 aliphatic rings. The van der Waals surface area contributed by atoms with Gasteiger partial charge in [0.1, 0.15) is 0 Å². The zero-order valence-electron chi connectivity index (χ0n) is 7.56. The molecule has 0 heterocycles. The largest absolute Gasteiger partial charge is 0.478 e. The van der Waals surface area contributed by atoms with Crippen LogP contribution in [0.25, 0.3) is 0 Å². The first-order chi connectivity index (χ1) is 6.18. The van der Waals surface area contributed by atoms with Gasteiger partial charge in [0.05, 0.1) is 5.56 Å². The Kier molecular flexibility index (Phi) is 3.13. The van der Waals surface area contributed by atoms with Gasteiger partial charge in [-0.15, -0.1) is 12.4 Å². The Labute approximate surface area is 88.3 Å². The predicted molar refractivity (Wildman–Crippen MR) is 55.9 cm³/mol. The fourth-order valence-corrected chi connectivity index (χ4v) is 1.78. The van der Waals surface area contributed by atoms with Gasteiger partial charge in [0.2, 0.25) is 0 Å². The second-order valence-electron chi connectivity index (χ2n) is 3.36. The van der Waals surface area contributed by atoms with Crippen molar-refractivity contribution < 1.29 is 9.90 Å². The highest BCUT2D eigenvalue weighted by Crippen LogP contribution is 2.29. The molecule has 76 valence electrons. The first-order valence-electron chi connectivity index (χ1n) is 4.30. The maximum absolute atomic E-state index is 10.7. The lowest BCUT2D eigenvalue weighted by Gasteiger charge is -2.04. The van der Waals surface area contributed by atoms with Crippen molar-refractivity contribution in [3.63, 3.8) is 0 Å². The van der Waals surface area contributed by atoms with Crippen molar-refractivity contribution in [2.75, 3.05) is 0 Å². The molecule has 0 aromatic heterocycles. The minimum Gasteiger partial charge on any atom is -0.478 e. The third-order valence-corrected chi connectivity index (χ3v) is 2.51. The molecular weight excluding hydrogens is 202 g/mol. The second kappa shape index (κ2) is 3.98. The maximum atomic E-state index is 10.7. The Bertz CT molecular complexity index is 365. The number of nitrogens with two attached hydrogens (primary N) is 1. The van der Waals surface area contributed by atoms with Crippen LogP contribution >= 0.6 is 12.4 Å². The van der Waals surface area contributed by atoms with E-state index in [2.05, 4.69) is 0 Å². The van der Waals surface area contributed by atoms with Crippen LogP contribution in [0.4, 0.5) is 0 Å². The topological polar surface area (TPSA) is 63.3 Å². The highest BCUT2D eigenvalue weighted by Gasteiger charge is 2.19. The predicted octanol–water partition coefficient (Wildman–Crippen LogP) is 1.75. The number of hydrogen-bond donors (Lipinski definition) is 2. The van der Waals surface area contributed by atoms with Gasteiger partial charge in [0.15, 0.2) is 0 Å². The molecular formula is C10H12ClNO2. The Morgan fingerprint density at radius 1 is 1.50 bits per heavy atom. The fourth-order valence-electron chi connectivity index (χ4n) is 1.78. The second-order valence-corrected chi connectivity index (χ2v) is 3.36. The number of carboxylic acids is 1. The zero-order chi connectivity index (χ0) is 9.42. The number of aromatic carboxylic acids is 1. The van der Waals surface area contributed by atoms with Gasteiger partial charge < -0.3 is 10.8 Å². The van der Waals surface area contributed by atoms with Crippen LogP contribution < -0.4 is 5.73 Å². The van der Waals surface area contributed by atoms with Gasteiger partial charge in [0, 0.05) is 6.04 Å². The minimum atomic E-state index is -0.872. The van der Waals surface area contributed by atoms with E-state index in [0.29, 0.717) is 5.56 Å². The van der Waals surface area contributed by atoms with Gasteiger partial charge in [0.25, 0.3) is 0 Å². The lowest BCUT2D eigenvalue weighted by molar-refractivity contribution is 0.0697. The van der Waals surface area contributed by atoms with Gasteiger partial charge in [-0.05, 0) is 36.1 Å². The molecule has 2 rings (SSSR count). The van der Waals surface area contributed by atoms with Crippen LogP contribution in [0.5, 0.6) is 0 Å². The molecule has 4 heteroatoms. The van der Waals surface area contributed by atoms with Crippen molar-refractivity contribution >= 4 is 18.4 Å². The summed E-state index contributed by atoms with van der Waals surface area (Å²) in [4.78, 5) is 10.7. The van der Waals surface area contributed by atoms with E-state index in [9.17, 15) is 4.79 Å². The van der Waals surface area contributed by atoms with Crippen LogP contribution in [-0.2, 0) is 6.42 Å². The van der Waals surface area contributed by atoms with E-state index < -0.39 is 5.97 Å². The molecule has 1 atom stereocenters. The molecule has 0 fully saturated rings. The van der Waals surface area contributed by atoms with Crippen LogP contribution in [-0.4, -0.2) is 11.1 Å². The molecule has 0 radical (unpaired) electrons. The summed E-state index contributed by atoms with van der Waals surface area (Å²) < 4.78 is 0. The van der Waals surface area contributed by atoms with Crippen molar-refractivity contribution in [1.29, 1.82) is 0 Å². The van der Waals surface area contributed by atoms with E-state index in [1.165, 1.54) is 0 Å². The number of halogens is 1. The third-order valence-electron chi connectivity index (χ3n) is 2.51. The quantitative estimate of drug-likeness (QED) is 0.747. The van der Waals surface area contributed by atoms with E-state index in [1.807, 2.05) is 6.07 Å². The fraction of sp³-hybridized carbons (Fsp3) is 0.300. The van der Waals surface area contributed by atoms with E-state index in [0.717, 1.165) is 24.0 Å². The van der Waals surface area contributed by atoms with Crippen molar-refractivity contribution in [3.8, 4) is 0 Å². The van der Waals surface area contributed by atoms with Gasteiger partial charge in [-0.2, -0.15) is 0 Å². The number of aryl methyl sites for hydroxylation is 1. The SMILES string of the molecule is Cl.N[C@H]1CCc2cc(C(=O)O)ccc21. The monoisotopic (exact) mass is 213 g/mol. The molecule has 0 spiro atoms. The Balaban J connectivity index is 0.000000980. The molecule has 1 aromatic rings. The normalized spacial score (nSPS) is 18.5. The first kappa shape index (κ1) is 11.0. The number of hydrogen-bond acceptors (Lipinski definition) is 2. The summed E-state index contributed by atoms with van der Waals surface area (Å²) in [5, 5.41) is 8.75. The number of rotatable bonds is 1. The summed E-state index contributed by atoms with van der Waals surface area (Å²) in [6.45, 7) is 0. The van der Waals surface area contributed by atoms with Crippen molar-refractivity contribution in [1.82, 2.24) is 0 Å². The van der Waals surface area contributed by atoms with Crippen molar-refractivity contribution in [2.24, 2.45) is 5.73 Å². The number of fused-ring (bicyclic) bond motifs is 1. The lowest BCUT2D eigenvalue weighted by Crippen LogP contribution is -2.05. The molecule has 0 bridgehead atoms. The molecule has 1 aliphatic carbocycles. The van der Waals surface area contributed by atoms with Gasteiger partial charge in [-0.3, -0.25) is 0 Å². The summed E-state index contributed by atoms with van der Waals surface area (Å²) in [6, 6.07) is 5.27. The molecule has 3 N–H and O–H groups in total. The average molecular weight is 214 g/mol. The van der Waals surface area contributed by atoms with Crippen LogP contribution in [0.15, 0.2) is 18.2 Å². The zero-order valence-corrected chi connectivity index (χ0v) is 8.38. The molecule has 0 saturated carbocycles. The Morgan fingerprint density at radius 2 is 2.21 bits per heavy atom. The van der Waals surface area contributed by atoms with E-state index in [-0.39, 0.29) is 18.4 Å². The summed E-state index contributed by atoms with van der Waals surface area (Å²) in [5.41, 5.74) is 8.37. The summed E-state index contributed by atoms with van der Waals surface area (Å²) >= 11 is 0. The smallest absolute Gasteiger partial charge is 0.335 e. The molecule has 1 aromatic carbocycles. The van der Waals surface area contributed by atoms with Gasteiger partial charge >= 0.3 is 5.97 Å². The van der Waals surface area contributed by atoms with Crippen LogP contribution in [0.2, 0.25) is 0 Å². The summed E-state index contributed by atoms with van der Waals surface area (Å²) in [7, 11) is 0. The maximum Gasteiger partial charge on any atom is 0.335 e. The number of benzene rings is 1. The number of carboxylic acid groups (broad SMARTS) is 1. The minimum absolute atomic E-state index is 0. The molecule has 0 aliphatic heterocycles. The molecule has 0 saturated heterocycles.